The number of benzene rings is 2. The Morgan fingerprint density at radius 3 is 2.32 bits per heavy atom. The summed E-state index contributed by atoms with van der Waals surface area (Å²) in [6.45, 7) is 2.05. The molecule has 0 fully saturated rings. The summed E-state index contributed by atoms with van der Waals surface area (Å²) in [5.41, 5.74) is 3.16. The number of rotatable bonds is 4. The minimum Gasteiger partial charge on any atom is -0.340 e. The molecule has 0 saturated carbocycles. The SMILES string of the molecule is Cc1cc(Br)ccc1Nc1cc(Nc2ccccc2)ncn1. The fourth-order valence-electron chi connectivity index (χ4n) is 2.07. The van der Waals surface area contributed by atoms with Gasteiger partial charge in [-0.2, -0.15) is 0 Å². The van der Waals surface area contributed by atoms with E-state index < -0.39 is 0 Å². The second kappa shape index (κ2) is 6.58. The first kappa shape index (κ1) is 14.5. The van der Waals surface area contributed by atoms with Crippen molar-refractivity contribution in [1.29, 1.82) is 0 Å². The highest BCUT2D eigenvalue weighted by molar-refractivity contribution is 9.10. The highest BCUT2D eigenvalue weighted by atomic mass is 79.9. The lowest BCUT2D eigenvalue weighted by atomic mass is 10.2. The normalized spacial score (nSPS) is 10.3. The monoisotopic (exact) mass is 354 g/mol. The zero-order chi connectivity index (χ0) is 15.4. The summed E-state index contributed by atoms with van der Waals surface area (Å²) in [7, 11) is 0. The van der Waals surface area contributed by atoms with Crippen LogP contribution in [0, 0.1) is 6.92 Å². The van der Waals surface area contributed by atoms with Crippen molar-refractivity contribution in [2.24, 2.45) is 0 Å². The lowest BCUT2D eigenvalue weighted by Gasteiger charge is -2.10. The van der Waals surface area contributed by atoms with Gasteiger partial charge in [-0.3, -0.25) is 0 Å². The van der Waals surface area contributed by atoms with Crippen molar-refractivity contribution in [3.8, 4) is 0 Å². The highest BCUT2D eigenvalue weighted by Crippen LogP contribution is 2.24. The van der Waals surface area contributed by atoms with Gasteiger partial charge in [-0.25, -0.2) is 9.97 Å². The molecule has 1 heterocycles. The first-order valence-electron chi connectivity index (χ1n) is 6.88. The van der Waals surface area contributed by atoms with Gasteiger partial charge >= 0.3 is 0 Å². The van der Waals surface area contributed by atoms with Crippen molar-refractivity contribution in [3.63, 3.8) is 0 Å². The molecule has 0 atom stereocenters. The minimum atomic E-state index is 0.749. The van der Waals surface area contributed by atoms with Gasteiger partial charge in [0.05, 0.1) is 0 Å². The third kappa shape index (κ3) is 3.62. The number of aromatic nitrogens is 2. The van der Waals surface area contributed by atoms with Crippen LogP contribution < -0.4 is 10.6 Å². The lowest BCUT2D eigenvalue weighted by Crippen LogP contribution is -1.99. The Labute approximate surface area is 137 Å². The van der Waals surface area contributed by atoms with Crippen molar-refractivity contribution >= 4 is 38.9 Å². The number of halogens is 1. The van der Waals surface area contributed by atoms with E-state index in [4.69, 9.17) is 0 Å². The number of nitrogens with zero attached hydrogens (tertiary/aromatic N) is 2. The van der Waals surface area contributed by atoms with E-state index in [2.05, 4.69) is 49.5 Å². The van der Waals surface area contributed by atoms with E-state index in [-0.39, 0.29) is 0 Å². The number of nitrogens with one attached hydrogen (secondary N) is 2. The Kier molecular flexibility index (Phi) is 4.34. The molecular formula is C17H15BrN4. The van der Waals surface area contributed by atoms with Gasteiger partial charge in [-0.1, -0.05) is 34.1 Å². The lowest BCUT2D eigenvalue weighted by molar-refractivity contribution is 1.16. The fourth-order valence-corrected chi connectivity index (χ4v) is 2.54. The van der Waals surface area contributed by atoms with Crippen LogP contribution in [-0.4, -0.2) is 9.97 Å². The van der Waals surface area contributed by atoms with Crippen molar-refractivity contribution in [3.05, 3.63) is 71.0 Å². The van der Waals surface area contributed by atoms with E-state index in [1.807, 2.05) is 48.5 Å². The Morgan fingerprint density at radius 1 is 0.864 bits per heavy atom. The smallest absolute Gasteiger partial charge is 0.135 e. The summed E-state index contributed by atoms with van der Waals surface area (Å²) < 4.78 is 1.06. The number of hydrogen-bond donors (Lipinski definition) is 2. The summed E-state index contributed by atoms with van der Waals surface area (Å²) in [5, 5.41) is 6.57. The molecule has 0 saturated heterocycles. The molecule has 0 aliphatic heterocycles. The molecule has 2 N–H and O–H groups in total. The fraction of sp³-hybridized carbons (Fsp3) is 0.0588. The number of anilines is 4. The average molecular weight is 355 g/mol. The summed E-state index contributed by atoms with van der Waals surface area (Å²) >= 11 is 3.47. The van der Waals surface area contributed by atoms with Crippen LogP contribution in [0.1, 0.15) is 5.56 Å². The first-order valence-corrected chi connectivity index (χ1v) is 7.67. The van der Waals surface area contributed by atoms with Gasteiger partial charge in [-0.05, 0) is 42.8 Å². The maximum atomic E-state index is 4.27. The summed E-state index contributed by atoms with van der Waals surface area (Å²) in [6.07, 6.45) is 1.54. The van der Waals surface area contributed by atoms with Gasteiger partial charge in [0, 0.05) is 21.9 Å². The van der Waals surface area contributed by atoms with Gasteiger partial charge < -0.3 is 10.6 Å². The van der Waals surface area contributed by atoms with Crippen LogP contribution in [-0.2, 0) is 0 Å². The maximum Gasteiger partial charge on any atom is 0.135 e. The zero-order valence-corrected chi connectivity index (χ0v) is 13.6. The molecule has 22 heavy (non-hydrogen) atoms. The first-order chi connectivity index (χ1) is 10.7. The van der Waals surface area contributed by atoms with Crippen LogP contribution in [0.15, 0.2) is 65.4 Å². The Bertz CT molecular complexity index is 775. The van der Waals surface area contributed by atoms with Crippen LogP contribution in [0.4, 0.5) is 23.0 Å². The van der Waals surface area contributed by atoms with E-state index in [0.29, 0.717) is 0 Å². The van der Waals surface area contributed by atoms with E-state index in [1.54, 1.807) is 6.33 Å². The summed E-state index contributed by atoms with van der Waals surface area (Å²) in [6, 6.07) is 17.9. The van der Waals surface area contributed by atoms with Crippen LogP contribution in [0.3, 0.4) is 0 Å². The minimum absolute atomic E-state index is 0.749. The van der Waals surface area contributed by atoms with Crippen LogP contribution in [0.2, 0.25) is 0 Å². The van der Waals surface area contributed by atoms with Crippen LogP contribution in [0.25, 0.3) is 0 Å². The van der Waals surface area contributed by atoms with Gasteiger partial charge in [0.15, 0.2) is 0 Å². The number of hydrogen-bond acceptors (Lipinski definition) is 4. The predicted octanol–water partition coefficient (Wildman–Crippen LogP) is 5.03. The highest BCUT2D eigenvalue weighted by Gasteiger charge is 2.03. The molecule has 0 bridgehead atoms. The Balaban J connectivity index is 1.79. The van der Waals surface area contributed by atoms with Crippen molar-refractivity contribution < 1.29 is 0 Å². The number of para-hydroxylation sites is 1. The van der Waals surface area contributed by atoms with Crippen LogP contribution in [0.5, 0.6) is 0 Å². The molecule has 0 aliphatic rings. The molecular weight excluding hydrogens is 340 g/mol. The topological polar surface area (TPSA) is 49.8 Å². The zero-order valence-electron chi connectivity index (χ0n) is 12.0. The van der Waals surface area contributed by atoms with E-state index in [1.165, 1.54) is 0 Å². The second-order valence-electron chi connectivity index (χ2n) is 4.86. The summed E-state index contributed by atoms with van der Waals surface area (Å²) in [4.78, 5) is 8.51. The average Bonchev–Trinajstić information content (AvgIpc) is 2.52. The maximum absolute atomic E-state index is 4.27. The van der Waals surface area contributed by atoms with Crippen molar-refractivity contribution in [2.45, 2.75) is 6.92 Å². The molecule has 2 aromatic carbocycles. The molecule has 0 spiro atoms. The molecule has 110 valence electrons. The molecule has 0 aliphatic carbocycles. The van der Waals surface area contributed by atoms with Gasteiger partial charge in [0.2, 0.25) is 0 Å². The molecule has 5 heteroatoms. The molecule has 0 unspecified atom stereocenters. The van der Waals surface area contributed by atoms with E-state index in [9.17, 15) is 0 Å². The predicted molar refractivity (Wildman–Crippen MR) is 93.9 cm³/mol. The Morgan fingerprint density at radius 2 is 1.59 bits per heavy atom. The molecule has 3 rings (SSSR count). The van der Waals surface area contributed by atoms with Crippen LogP contribution >= 0.6 is 15.9 Å². The van der Waals surface area contributed by atoms with Crippen molar-refractivity contribution in [1.82, 2.24) is 9.97 Å². The third-order valence-corrected chi connectivity index (χ3v) is 3.66. The van der Waals surface area contributed by atoms with Gasteiger partial charge in [-0.15, -0.1) is 0 Å². The quantitative estimate of drug-likeness (QED) is 0.689. The molecule has 1 aromatic heterocycles. The van der Waals surface area contributed by atoms with Crippen molar-refractivity contribution in [2.75, 3.05) is 10.6 Å². The van der Waals surface area contributed by atoms with Gasteiger partial charge in [0.25, 0.3) is 0 Å². The standard InChI is InChI=1S/C17H15BrN4/c1-12-9-13(18)7-8-15(12)22-17-10-16(19-11-20-17)21-14-5-3-2-4-6-14/h2-11H,1H3,(H2,19,20,21,22). The summed E-state index contributed by atoms with van der Waals surface area (Å²) in [5.74, 6) is 1.50. The molecule has 3 aromatic rings. The largest absolute Gasteiger partial charge is 0.340 e. The molecule has 4 nitrogen and oxygen atoms in total. The number of aryl methyl sites for hydroxylation is 1. The molecule has 0 amide bonds. The van der Waals surface area contributed by atoms with Gasteiger partial charge in [0.1, 0.15) is 18.0 Å². The second-order valence-corrected chi connectivity index (χ2v) is 5.78. The third-order valence-electron chi connectivity index (χ3n) is 3.16. The van der Waals surface area contributed by atoms with E-state index >= 15 is 0 Å². The van der Waals surface area contributed by atoms with E-state index in [0.717, 1.165) is 33.0 Å². The molecule has 0 radical (unpaired) electrons. The Hall–Kier alpha value is -2.40.